The number of benzene rings is 3. The van der Waals surface area contributed by atoms with Gasteiger partial charge in [0.05, 0.1) is 10.6 Å². The first-order valence-electron chi connectivity index (χ1n) is 9.29. The van der Waals surface area contributed by atoms with Crippen molar-refractivity contribution in [2.45, 2.75) is 18.2 Å². The molecule has 6 nitrogen and oxygen atoms in total. The Morgan fingerprint density at radius 2 is 1.66 bits per heavy atom. The van der Waals surface area contributed by atoms with Crippen LogP contribution in [-0.2, 0) is 16.4 Å². The molecule has 7 heteroatoms. The highest BCUT2D eigenvalue weighted by Crippen LogP contribution is 2.35. The topological polar surface area (TPSA) is 78.5 Å². The van der Waals surface area contributed by atoms with E-state index in [9.17, 15) is 13.2 Å². The number of amides is 2. The summed E-state index contributed by atoms with van der Waals surface area (Å²) in [5.74, 6) is 0. The molecule has 4 rings (SSSR count). The fourth-order valence-electron chi connectivity index (χ4n) is 3.39. The minimum atomic E-state index is -3.65. The molecule has 3 aromatic carbocycles. The fourth-order valence-corrected chi connectivity index (χ4v) is 4.91. The summed E-state index contributed by atoms with van der Waals surface area (Å²) in [6.45, 7) is 2.29. The third-order valence-corrected chi connectivity index (χ3v) is 6.75. The molecule has 1 heterocycles. The van der Waals surface area contributed by atoms with E-state index in [4.69, 9.17) is 0 Å². The molecule has 0 saturated carbocycles. The Balaban J connectivity index is 1.56. The first kappa shape index (κ1) is 19.0. The minimum absolute atomic E-state index is 0.253. The van der Waals surface area contributed by atoms with E-state index in [0.29, 0.717) is 24.3 Å². The monoisotopic (exact) mass is 407 g/mol. The van der Waals surface area contributed by atoms with Gasteiger partial charge in [0.15, 0.2) is 0 Å². The van der Waals surface area contributed by atoms with Gasteiger partial charge < -0.3 is 10.6 Å². The zero-order valence-corrected chi connectivity index (χ0v) is 16.7. The zero-order chi connectivity index (χ0) is 20.4. The molecule has 0 fully saturated rings. The van der Waals surface area contributed by atoms with E-state index in [2.05, 4.69) is 10.6 Å². The van der Waals surface area contributed by atoms with Crippen molar-refractivity contribution in [3.05, 3.63) is 83.9 Å². The normalized spacial score (nSPS) is 13.1. The highest BCUT2D eigenvalue weighted by Gasteiger charge is 2.31. The van der Waals surface area contributed by atoms with Crippen LogP contribution in [0, 0.1) is 6.92 Å². The first-order chi connectivity index (χ1) is 13.9. The van der Waals surface area contributed by atoms with Crippen LogP contribution in [0.25, 0.3) is 0 Å². The van der Waals surface area contributed by atoms with E-state index in [1.807, 2.05) is 37.3 Å². The van der Waals surface area contributed by atoms with Gasteiger partial charge in [-0.05, 0) is 54.8 Å². The van der Waals surface area contributed by atoms with Crippen molar-refractivity contribution in [3.8, 4) is 0 Å². The third-order valence-electron chi connectivity index (χ3n) is 4.92. The number of sulfonamides is 1. The molecule has 2 amide bonds. The standard InChI is InChI=1S/C22H21N3O3S/c1-16-7-5-6-10-20(16)24-22(26)23-18-12-11-17-13-14-25(21(17)15-18)29(27,28)19-8-3-2-4-9-19/h2-12,15H,13-14H2,1H3,(H2,23,24,26). The van der Waals surface area contributed by atoms with Crippen LogP contribution in [0.5, 0.6) is 0 Å². The van der Waals surface area contributed by atoms with E-state index in [0.717, 1.165) is 16.8 Å². The largest absolute Gasteiger partial charge is 0.323 e. The lowest BCUT2D eigenvalue weighted by Gasteiger charge is -2.20. The number of urea groups is 1. The van der Waals surface area contributed by atoms with Crippen molar-refractivity contribution in [3.63, 3.8) is 0 Å². The maximum atomic E-state index is 13.0. The number of rotatable bonds is 4. The second kappa shape index (κ2) is 7.60. The lowest BCUT2D eigenvalue weighted by Crippen LogP contribution is -2.29. The van der Waals surface area contributed by atoms with Gasteiger partial charge in [-0.15, -0.1) is 0 Å². The van der Waals surface area contributed by atoms with Crippen LogP contribution in [0.3, 0.4) is 0 Å². The van der Waals surface area contributed by atoms with Crippen molar-refractivity contribution in [1.29, 1.82) is 0 Å². The van der Waals surface area contributed by atoms with Gasteiger partial charge >= 0.3 is 6.03 Å². The number of aryl methyl sites for hydroxylation is 1. The number of carbonyl (C=O) groups excluding carboxylic acids is 1. The summed E-state index contributed by atoms with van der Waals surface area (Å²) in [4.78, 5) is 12.6. The van der Waals surface area contributed by atoms with Crippen molar-refractivity contribution >= 4 is 33.1 Å². The number of fused-ring (bicyclic) bond motifs is 1. The van der Waals surface area contributed by atoms with Gasteiger partial charge in [0.1, 0.15) is 0 Å². The molecule has 0 saturated heterocycles. The van der Waals surface area contributed by atoms with E-state index in [1.165, 1.54) is 4.31 Å². The van der Waals surface area contributed by atoms with Crippen LogP contribution in [-0.4, -0.2) is 21.0 Å². The Labute approximate surface area is 170 Å². The predicted molar refractivity (Wildman–Crippen MR) is 115 cm³/mol. The SMILES string of the molecule is Cc1ccccc1NC(=O)Nc1ccc2c(c1)N(S(=O)(=O)c1ccccc1)CC2. The summed E-state index contributed by atoms with van der Waals surface area (Å²) < 4.78 is 27.5. The number of anilines is 3. The van der Waals surface area contributed by atoms with Crippen molar-refractivity contribution < 1.29 is 13.2 Å². The van der Waals surface area contributed by atoms with Crippen molar-refractivity contribution in [2.75, 3.05) is 21.5 Å². The van der Waals surface area contributed by atoms with Gasteiger partial charge in [-0.25, -0.2) is 13.2 Å². The number of carbonyl (C=O) groups is 1. The number of para-hydroxylation sites is 1. The molecule has 29 heavy (non-hydrogen) atoms. The molecule has 2 N–H and O–H groups in total. The van der Waals surface area contributed by atoms with Crippen LogP contribution in [0.15, 0.2) is 77.7 Å². The summed E-state index contributed by atoms with van der Waals surface area (Å²) in [7, 11) is -3.65. The Bertz CT molecular complexity index is 1160. The molecular weight excluding hydrogens is 386 g/mol. The van der Waals surface area contributed by atoms with Gasteiger partial charge in [0.2, 0.25) is 0 Å². The van der Waals surface area contributed by atoms with Crippen LogP contribution >= 0.6 is 0 Å². The van der Waals surface area contributed by atoms with Gasteiger partial charge in [0, 0.05) is 17.9 Å². The fraction of sp³-hybridized carbons (Fsp3) is 0.136. The van der Waals surface area contributed by atoms with Crippen LogP contribution in [0.4, 0.5) is 21.9 Å². The Morgan fingerprint density at radius 3 is 2.41 bits per heavy atom. The van der Waals surface area contributed by atoms with Crippen molar-refractivity contribution in [1.82, 2.24) is 0 Å². The Hall–Kier alpha value is -3.32. The Kier molecular flexibility index (Phi) is 4.98. The molecule has 0 unspecified atom stereocenters. The molecule has 0 aliphatic carbocycles. The number of nitrogens with zero attached hydrogens (tertiary/aromatic N) is 1. The molecule has 0 atom stereocenters. The van der Waals surface area contributed by atoms with Crippen molar-refractivity contribution in [2.24, 2.45) is 0 Å². The van der Waals surface area contributed by atoms with E-state index >= 15 is 0 Å². The lowest BCUT2D eigenvalue weighted by molar-refractivity contribution is 0.262. The zero-order valence-electron chi connectivity index (χ0n) is 15.9. The van der Waals surface area contributed by atoms with Crippen LogP contribution in [0.2, 0.25) is 0 Å². The quantitative estimate of drug-likeness (QED) is 0.673. The summed E-state index contributed by atoms with van der Waals surface area (Å²) in [5.41, 5.74) is 3.75. The minimum Gasteiger partial charge on any atom is -0.308 e. The van der Waals surface area contributed by atoms with Gasteiger partial charge in [0.25, 0.3) is 10.0 Å². The van der Waals surface area contributed by atoms with Crippen LogP contribution < -0.4 is 14.9 Å². The molecule has 0 spiro atoms. The molecular formula is C22H21N3O3S. The lowest BCUT2D eigenvalue weighted by atomic mass is 10.1. The first-order valence-corrected chi connectivity index (χ1v) is 10.7. The molecule has 3 aromatic rings. The molecule has 1 aliphatic heterocycles. The highest BCUT2D eigenvalue weighted by atomic mass is 32.2. The summed E-state index contributed by atoms with van der Waals surface area (Å²) >= 11 is 0. The molecule has 148 valence electrons. The predicted octanol–water partition coefficient (Wildman–Crippen LogP) is 4.39. The molecule has 0 radical (unpaired) electrons. The van der Waals surface area contributed by atoms with E-state index < -0.39 is 10.0 Å². The van der Waals surface area contributed by atoms with E-state index in [-0.39, 0.29) is 10.9 Å². The smallest absolute Gasteiger partial charge is 0.308 e. The average Bonchev–Trinajstić information content (AvgIpc) is 3.14. The van der Waals surface area contributed by atoms with Crippen LogP contribution in [0.1, 0.15) is 11.1 Å². The van der Waals surface area contributed by atoms with E-state index in [1.54, 1.807) is 42.5 Å². The molecule has 1 aliphatic rings. The summed E-state index contributed by atoms with van der Waals surface area (Å²) in [5, 5.41) is 5.60. The highest BCUT2D eigenvalue weighted by molar-refractivity contribution is 7.92. The third kappa shape index (κ3) is 3.82. The second-order valence-corrected chi connectivity index (χ2v) is 8.74. The number of nitrogens with one attached hydrogen (secondary N) is 2. The maximum absolute atomic E-state index is 13.0. The maximum Gasteiger partial charge on any atom is 0.323 e. The summed E-state index contributed by atoms with van der Waals surface area (Å²) in [6.07, 6.45) is 0.636. The number of hydrogen-bond donors (Lipinski definition) is 2. The average molecular weight is 407 g/mol. The molecule has 0 bridgehead atoms. The second-order valence-electron chi connectivity index (χ2n) is 6.88. The van der Waals surface area contributed by atoms with Gasteiger partial charge in [-0.1, -0.05) is 42.5 Å². The van der Waals surface area contributed by atoms with Gasteiger partial charge in [-0.3, -0.25) is 4.31 Å². The Morgan fingerprint density at radius 1 is 0.931 bits per heavy atom. The number of hydrogen-bond acceptors (Lipinski definition) is 3. The molecule has 0 aromatic heterocycles. The van der Waals surface area contributed by atoms with Gasteiger partial charge in [-0.2, -0.15) is 0 Å². The summed E-state index contributed by atoms with van der Waals surface area (Å²) in [6, 6.07) is 20.8.